The molecule has 2 fully saturated rings. The highest BCUT2D eigenvalue weighted by Gasteiger charge is 2.49. The Morgan fingerprint density at radius 1 is 1.14 bits per heavy atom. The smallest absolute Gasteiger partial charge is 0.332 e. The number of esters is 1. The molecule has 0 aliphatic carbocycles. The molecule has 0 aromatic rings. The molecular weight excluding hydrogens is 540 g/mol. The Labute approximate surface area is 248 Å². The number of ether oxygens (including phenoxy) is 3. The number of carbonyl (C=O) groups is 2. The largest absolute Gasteiger partial charge is 0.479 e. The van der Waals surface area contributed by atoms with Crippen molar-refractivity contribution in [3.63, 3.8) is 0 Å². The third kappa shape index (κ3) is 9.61. The first-order chi connectivity index (χ1) is 20.0. The van der Waals surface area contributed by atoms with E-state index in [4.69, 9.17) is 19.3 Å². The lowest BCUT2D eigenvalue weighted by molar-refractivity contribution is -0.198. The molecule has 0 radical (unpaired) electrons. The molecular formula is C33H46O9. The topological polar surface area (TPSA) is 143 Å². The maximum absolute atomic E-state index is 12.8. The summed E-state index contributed by atoms with van der Waals surface area (Å²) in [6.07, 6.45) is 18.5. The van der Waals surface area contributed by atoms with Gasteiger partial charge in [-0.15, -0.1) is 0 Å². The van der Waals surface area contributed by atoms with Gasteiger partial charge in [-0.25, -0.2) is 9.59 Å². The summed E-state index contributed by atoms with van der Waals surface area (Å²) in [6, 6.07) is 0. The van der Waals surface area contributed by atoms with Gasteiger partial charge in [0, 0.05) is 31.3 Å². The molecule has 4 N–H and O–H groups in total. The molecule has 2 saturated heterocycles. The Bertz CT molecular complexity index is 1090. The lowest BCUT2D eigenvalue weighted by Crippen LogP contribution is -2.55. The lowest BCUT2D eigenvalue weighted by Gasteiger charge is -2.47. The van der Waals surface area contributed by atoms with Crippen LogP contribution in [0.1, 0.15) is 59.3 Å². The van der Waals surface area contributed by atoms with E-state index in [-0.39, 0.29) is 37.3 Å². The standard InChI is InChI=1S/C33H46O9/c1-22-12-6-4-7-14-25-20-30(33(3,21-34)29(41-25)16-11-10-15-26(35)32(38)39)42-31(37)17-9-5-8-13-24-19-27(36)23(2)28(18-22)40-24/h5-12,14,17-18,23-30,34-36H,4,13,15-16,19-21H2,1-3H3,(H,38,39)/b8-5+,11-10-,12-6?,14-7+,17-9+,22-18?/t23-,24+,25-,26-,27+,28-,29+,30-,33+/m1/s1. The number of aliphatic hydroxyl groups excluding tert-OH is 3. The predicted molar refractivity (Wildman–Crippen MR) is 158 cm³/mol. The summed E-state index contributed by atoms with van der Waals surface area (Å²) in [6.45, 7) is 5.52. The van der Waals surface area contributed by atoms with Crippen LogP contribution in [0, 0.1) is 11.3 Å². The highest BCUT2D eigenvalue weighted by molar-refractivity contribution is 5.82. The monoisotopic (exact) mass is 586 g/mol. The van der Waals surface area contributed by atoms with E-state index >= 15 is 0 Å². The zero-order chi connectivity index (χ0) is 30.7. The predicted octanol–water partition coefficient (Wildman–Crippen LogP) is 3.96. The molecule has 9 nitrogen and oxygen atoms in total. The number of aliphatic carboxylic acids is 1. The Morgan fingerprint density at radius 3 is 2.67 bits per heavy atom. The van der Waals surface area contributed by atoms with Crippen molar-refractivity contribution in [2.24, 2.45) is 11.3 Å². The third-order valence-electron chi connectivity index (χ3n) is 8.31. The van der Waals surface area contributed by atoms with Gasteiger partial charge < -0.3 is 34.6 Å². The fourth-order valence-electron chi connectivity index (χ4n) is 5.44. The van der Waals surface area contributed by atoms with Crippen molar-refractivity contribution in [1.82, 2.24) is 0 Å². The molecule has 0 aromatic heterocycles. The normalized spacial score (nSPS) is 37.7. The fraction of sp³-hybridized carbons (Fsp3) is 0.576. The first kappa shape index (κ1) is 33.7. The highest BCUT2D eigenvalue weighted by atomic mass is 16.6. The van der Waals surface area contributed by atoms with Gasteiger partial charge in [0.25, 0.3) is 0 Å². The second-order valence-corrected chi connectivity index (χ2v) is 11.7. The minimum atomic E-state index is -1.49. The molecule has 0 unspecified atom stereocenters. The molecule has 3 aliphatic heterocycles. The van der Waals surface area contributed by atoms with E-state index < -0.39 is 41.8 Å². The van der Waals surface area contributed by atoms with Crippen molar-refractivity contribution in [2.45, 2.75) is 102 Å². The van der Waals surface area contributed by atoms with Crippen LogP contribution in [-0.4, -0.2) is 81.7 Å². The number of allylic oxidation sites excluding steroid dienone is 6. The van der Waals surface area contributed by atoms with Gasteiger partial charge in [-0.3, -0.25) is 0 Å². The summed E-state index contributed by atoms with van der Waals surface area (Å²) < 4.78 is 18.5. The van der Waals surface area contributed by atoms with E-state index in [2.05, 4.69) is 6.08 Å². The van der Waals surface area contributed by atoms with Crippen molar-refractivity contribution >= 4 is 11.9 Å². The number of aliphatic hydroxyl groups is 3. The van der Waals surface area contributed by atoms with E-state index in [0.717, 1.165) is 5.57 Å². The molecule has 4 bridgehead atoms. The molecule has 3 heterocycles. The minimum absolute atomic E-state index is 0.0213. The van der Waals surface area contributed by atoms with Gasteiger partial charge in [0.05, 0.1) is 42.5 Å². The molecule has 9 atom stereocenters. The van der Waals surface area contributed by atoms with Crippen LogP contribution in [0.15, 0.2) is 72.4 Å². The van der Waals surface area contributed by atoms with Crippen LogP contribution in [0.25, 0.3) is 0 Å². The summed E-state index contributed by atoms with van der Waals surface area (Å²) >= 11 is 0. The van der Waals surface area contributed by atoms with Crippen LogP contribution >= 0.6 is 0 Å². The lowest BCUT2D eigenvalue weighted by atomic mass is 9.73. The van der Waals surface area contributed by atoms with Crippen molar-refractivity contribution in [2.75, 3.05) is 6.61 Å². The van der Waals surface area contributed by atoms with Gasteiger partial charge in [0.2, 0.25) is 0 Å². The Morgan fingerprint density at radius 2 is 1.93 bits per heavy atom. The van der Waals surface area contributed by atoms with Crippen molar-refractivity contribution in [3.8, 4) is 0 Å². The number of fused-ring (bicyclic) bond motifs is 4. The minimum Gasteiger partial charge on any atom is -0.479 e. The van der Waals surface area contributed by atoms with Gasteiger partial charge in [-0.1, -0.05) is 80.2 Å². The number of carboxylic acids is 1. The Hall–Kier alpha value is -2.82. The molecule has 42 heavy (non-hydrogen) atoms. The van der Waals surface area contributed by atoms with Crippen LogP contribution in [0.2, 0.25) is 0 Å². The number of rotatable bonds is 6. The van der Waals surface area contributed by atoms with Gasteiger partial charge >= 0.3 is 11.9 Å². The average molecular weight is 587 g/mol. The van der Waals surface area contributed by atoms with Crippen LogP contribution in [0.3, 0.4) is 0 Å². The fourth-order valence-corrected chi connectivity index (χ4v) is 5.44. The van der Waals surface area contributed by atoms with Gasteiger partial charge in [0.15, 0.2) is 6.10 Å². The number of hydrogen-bond donors (Lipinski definition) is 4. The van der Waals surface area contributed by atoms with Crippen molar-refractivity contribution in [1.29, 1.82) is 0 Å². The van der Waals surface area contributed by atoms with E-state index in [9.17, 15) is 24.9 Å². The summed E-state index contributed by atoms with van der Waals surface area (Å²) in [5.74, 6) is -1.86. The highest BCUT2D eigenvalue weighted by Crippen LogP contribution is 2.41. The quantitative estimate of drug-likeness (QED) is 0.269. The summed E-state index contributed by atoms with van der Waals surface area (Å²) in [5.41, 5.74) is 0.130. The summed E-state index contributed by atoms with van der Waals surface area (Å²) in [4.78, 5) is 23.7. The molecule has 3 aliphatic rings. The van der Waals surface area contributed by atoms with Crippen LogP contribution in [0.5, 0.6) is 0 Å². The van der Waals surface area contributed by atoms with Crippen molar-refractivity contribution in [3.05, 3.63) is 72.4 Å². The van der Waals surface area contributed by atoms with Crippen LogP contribution in [-0.2, 0) is 23.8 Å². The Balaban J connectivity index is 1.82. The number of carboxylic acid groups (broad SMARTS) is 1. The number of carbonyl (C=O) groups excluding carboxylic acids is 1. The summed E-state index contributed by atoms with van der Waals surface area (Å²) in [5, 5.41) is 39.4. The first-order valence-electron chi connectivity index (χ1n) is 14.7. The third-order valence-corrected chi connectivity index (χ3v) is 8.31. The van der Waals surface area contributed by atoms with Gasteiger partial charge in [-0.2, -0.15) is 0 Å². The van der Waals surface area contributed by atoms with Gasteiger partial charge in [0.1, 0.15) is 6.10 Å². The molecule has 3 rings (SSSR count). The Kier molecular flexibility index (Phi) is 12.9. The maximum Gasteiger partial charge on any atom is 0.332 e. The van der Waals surface area contributed by atoms with E-state index in [1.54, 1.807) is 24.3 Å². The average Bonchev–Trinajstić information content (AvgIpc) is 2.94. The zero-order valence-electron chi connectivity index (χ0n) is 24.7. The second-order valence-electron chi connectivity index (χ2n) is 11.7. The van der Waals surface area contributed by atoms with E-state index in [1.165, 1.54) is 6.08 Å². The molecule has 0 amide bonds. The molecule has 232 valence electrons. The van der Waals surface area contributed by atoms with Crippen LogP contribution in [0.4, 0.5) is 0 Å². The molecule has 0 saturated carbocycles. The molecule has 0 aromatic carbocycles. The molecule has 0 spiro atoms. The molecule has 9 heteroatoms. The van der Waals surface area contributed by atoms with E-state index in [0.29, 0.717) is 32.1 Å². The van der Waals surface area contributed by atoms with E-state index in [1.807, 2.05) is 51.2 Å². The second kappa shape index (κ2) is 16.1. The maximum atomic E-state index is 12.8. The first-order valence-corrected chi connectivity index (χ1v) is 14.7. The van der Waals surface area contributed by atoms with Crippen LogP contribution < -0.4 is 0 Å². The SMILES string of the molecule is CC1=C[C@H]2O[C@@H](C/C=C/C=C/C(=O)O[C@@H]3C[C@@H](/C=C/CC=C1)O[C@@H](C/C=C\C[C@@H](O)C(=O)O)[C@]3(C)CO)C[C@H](O)[C@H]2C. The van der Waals surface area contributed by atoms with Gasteiger partial charge in [-0.05, 0) is 26.2 Å². The zero-order valence-corrected chi connectivity index (χ0v) is 24.7. The summed E-state index contributed by atoms with van der Waals surface area (Å²) in [7, 11) is 0. The number of hydrogen-bond acceptors (Lipinski definition) is 8. The van der Waals surface area contributed by atoms with Crippen molar-refractivity contribution < 1.29 is 44.2 Å².